The van der Waals surface area contributed by atoms with Crippen LogP contribution in [0, 0.1) is 18.6 Å². The van der Waals surface area contributed by atoms with Crippen LogP contribution >= 0.6 is 0 Å². The quantitative estimate of drug-likeness (QED) is 0.788. The second-order valence-electron chi connectivity index (χ2n) is 5.72. The number of halogens is 2. The van der Waals surface area contributed by atoms with Gasteiger partial charge >= 0.3 is 0 Å². The minimum atomic E-state index is -0.661. The summed E-state index contributed by atoms with van der Waals surface area (Å²) in [5.41, 5.74) is 0.803. The number of aryl methyl sites for hydroxylation is 2. The molecule has 1 N–H and O–H groups in total. The van der Waals surface area contributed by atoms with E-state index < -0.39 is 11.6 Å². The first-order chi connectivity index (χ1) is 11.1. The van der Waals surface area contributed by atoms with E-state index in [4.69, 9.17) is 0 Å². The summed E-state index contributed by atoms with van der Waals surface area (Å²) in [6, 6.07) is 3.83. The molecule has 23 heavy (non-hydrogen) atoms. The molecule has 1 aromatic carbocycles. The van der Waals surface area contributed by atoms with Gasteiger partial charge in [-0.05, 0) is 31.9 Å². The SMILES string of the molecule is Cc1nc2n(n1)CCCC2Nc1ccnc2c(F)cc(F)cc12. The number of benzene rings is 1. The number of nitrogens with one attached hydrogen (secondary N) is 1. The van der Waals surface area contributed by atoms with Crippen molar-refractivity contribution in [2.75, 3.05) is 5.32 Å². The monoisotopic (exact) mass is 315 g/mol. The minimum absolute atomic E-state index is 0.0399. The molecular formula is C16H15F2N5. The summed E-state index contributed by atoms with van der Waals surface area (Å²) in [6.07, 6.45) is 3.38. The molecule has 0 fully saturated rings. The predicted molar refractivity (Wildman–Crippen MR) is 82.0 cm³/mol. The Morgan fingerprint density at radius 3 is 3.04 bits per heavy atom. The first kappa shape index (κ1) is 14.0. The molecule has 1 unspecified atom stereocenters. The largest absolute Gasteiger partial charge is 0.374 e. The molecule has 0 aliphatic carbocycles. The van der Waals surface area contributed by atoms with Crippen LogP contribution in [0.2, 0.25) is 0 Å². The van der Waals surface area contributed by atoms with Crippen LogP contribution in [0.15, 0.2) is 24.4 Å². The lowest BCUT2D eigenvalue weighted by Gasteiger charge is -2.24. The van der Waals surface area contributed by atoms with Gasteiger partial charge < -0.3 is 5.32 Å². The molecule has 0 amide bonds. The van der Waals surface area contributed by atoms with Crippen LogP contribution in [0.4, 0.5) is 14.5 Å². The molecule has 0 bridgehead atoms. The maximum atomic E-state index is 13.9. The van der Waals surface area contributed by atoms with Gasteiger partial charge in [0.25, 0.3) is 0 Å². The molecule has 3 aromatic rings. The second kappa shape index (κ2) is 5.26. The summed E-state index contributed by atoms with van der Waals surface area (Å²) in [7, 11) is 0. The van der Waals surface area contributed by atoms with Gasteiger partial charge in [-0.1, -0.05) is 0 Å². The number of fused-ring (bicyclic) bond motifs is 2. The highest BCUT2D eigenvalue weighted by Crippen LogP contribution is 2.31. The molecule has 2 aromatic heterocycles. The van der Waals surface area contributed by atoms with Crippen LogP contribution in [0.3, 0.4) is 0 Å². The number of nitrogens with zero attached hydrogens (tertiary/aromatic N) is 4. The Labute approximate surface area is 131 Å². The van der Waals surface area contributed by atoms with E-state index in [1.54, 1.807) is 6.07 Å². The molecule has 0 spiro atoms. The van der Waals surface area contributed by atoms with E-state index in [1.807, 2.05) is 11.6 Å². The number of hydrogen-bond donors (Lipinski definition) is 1. The fourth-order valence-electron chi connectivity index (χ4n) is 3.10. The fraction of sp³-hybridized carbons (Fsp3) is 0.312. The summed E-state index contributed by atoms with van der Waals surface area (Å²) >= 11 is 0. The molecular weight excluding hydrogens is 300 g/mol. The second-order valence-corrected chi connectivity index (χ2v) is 5.72. The summed E-state index contributed by atoms with van der Waals surface area (Å²) in [4.78, 5) is 8.48. The van der Waals surface area contributed by atoms with E-state index in [1.165, 1.54) is 12.3 Å². The predicted octanol–water partition coefficient (Wildman–Crippen LogP) is 3.36. The Balaban J connectivity index is 1.77. The normalized spacial score (nSPS) is 17.3. The molecule has 3 heterocycles. The maximum Gasteiger partial charge on any atom is 0.152 e. The lowest BCUT2D eigenvalue weighted by molar-refractivity contribution is 0.437. The first-order valence-corrected chi connectivity index (χ1v) is 7.53. The fourth-order valence-corrected chi connectivity index (χ4v) is 3.10. The molecule has 7 heteroatoms. The topological polar surface area (TPSA) is 55.6 Å². The van der Waals surface area contributed by atoms with Gasteiger partial charge in [-0.25, -0.2) is 18.4 Å². The first-order valence-electron chi connectivity index (χ1n) is 7.53. The minimum Gasteiger partial charge on any atom is -0.374 e. The Morgan fingerprint density at radius 2 is 2.17 bits per heavy atom. The molecule has 5 nitrogen and oxygen atoms in total. The van der Waals surface area contributed by atoms with E-state index >= 15 is 0 Å². The van der Waals surface area contributed by atoms with Crippen molar-refractivity contribution in [2.45, 2.75) is 32.4 Å². The Hall–Kier alpha value is -2.57. The molecule has 0 saturated heterocycles. The van der Waals surface area contributed by atoms with Crippen molar-refractivity contribution >= 4 is 16.6 Å². The molecule has 1 aliphatic rings. The van der Waals surface area contributed by atoms with Crippen LogP contribution in [0.1, 0.15) is 30.5 Å². The van der Waals surface area contributed by atoms with Crippen LogP contribution < -0.4 is 5.32 Å². The van der Waals surface area contributed by atoms with Gasteiger partial charge in [-0.3, -0.25) is 4.98 Å². The Kier molecular flexibility index (Phi) is 3.21. The van der Waals surface area contributed by atoms with E-state index in [9.17, 15) is 8.78 Å². The summed E-state index contributed by atoms with van der Waals surface area (Å²) in [5.74, 6) is 0.306. The smallest absolute Gasteiger partial charge is 0.152 e. The van der Waals surface area contributed by atoms with Crippen molar-refractivity contribution in [1.29, 1.82) is 0 Å². The molecule has 4 rings (SSSR count). The lowest BCUT2D eigenvalue weighted by Crippen LogP contribution is -2.22. The van der Waals surface area contributed by atoms with Crippen LogP contribution in [0.5, 0.6) is 0 Å². The average molecular weight is 315 g/mol. The Bertz CT molecular complexity index is 890. The van der Waals surface area contributed by atoms with E-state index in [2.05, 4.69) is 20.4 Å². The molecule has 0 saturated carbocycles. The number of aromatic nitrogens is 4. The average Bonchev–Trinajstić information content (AvgIpc) is 2.89. The van der Waals surface area contributed by atoms with E-state index in [0.717, 1.165) is 37.1 Å². The van der Waals surface area contributed by atoms with Crippen molar-refractivity contribution in [1.82, 2.24) is 19.7 Å². The van der Waals surface area contributed by atoms with Crippen LogP contribution in [0.25, 0.3) is 10.9 Å². The molecule has 118 valence electrons. The number of anilines is 1. The maximum absolute atomic E-state index is 13.9. The van der Waals surface area contributed by atoms with Gasteiger partial charge in [-0.2, -0.15) is 5.10 Å². The standard InChI is InChI=1S/C16H15F2N5/c1-9-20-16-14(3-2-6-23(16)22-9)21-13-4-5-19-15-11(13)7-10(17)8-12(15)18/h4-5,7-8,14H,2-3,6H2,1H3,(H,19,21). The van der Waals surface area contributed by atoms with E-state index in [0.29, 0.717) is 11.1 Å². The third-order valence-corrected chi connectivity index (χ3v) is 4.07. The van der Waals surface area contributed by atoms with Gasteiger partial charge in [0.1, 0.15) is 23.0 Å². The van der Waals surface area contributed by atoms with Crippen molar-refractivity contribution in [3.63, 3.8) is 0 Å². The molecule has 1 atom stereocenters. The number of hydrogen-bond acceptors (Lipinski definition) is 4. The highest BCUT2D eigenvalue weighted by Gasteiger charge is 2.24. The van der Waals surface area contributed by atoms with E-state index in [-0.39, 0.29) is 11.6 Å². The van der Waals surface area contributed by atoms with Gasteiger partial charge in [0.05, 0.1) is 6.04 Å². The summed E-state index contributed by atoms with van der Waals surface area (Å²) in [5, 5.41) is 8.15. The van der Waals surface area contributed by atoms with Crippen molar-refractivity contribution < 1.29 is 8.78 Å². The molecule has 0 radical (unpaired) electrons. The summed E-state index contributed by atoms with van der Waals surface area (Å²) in [6.45, 7) is 2.70. The van der Waals surface area contributed by atoms with Gasteiger partial charge in [-0.15, -0.1) is 0 Å². The van der Waals surface area contributed by atoms with Gasteiger partial charge in [0, 0.05) is 29.9 Å². The third kappa shape index (κ3) is 2.42. The molecule has 1 aliphatic heterocycles. The zero-order valence-corrected chi connectivity index (χ0v) is 12.6. The third-order valence-electron chi connectivity index (χ3n) is 4.07. The summed E-state index contributed by atoms with van der Waals surface area (Å²) < 4.78 is 29.4. The van der Waals surface area contributed by atoms with Gasteiger partial charge in [0.15, 0.2) is 5.82 Å². The van der Waals surface area contributed by atoms with Crippen molar-refractivity contribution in [2.24, 2.45) is 0 Å². The highest BCUT2D eigenvalue weighted by molar-refractivity contribution is 5.91. The van der Waals surface area contributed by atoms with Crippen LogP contribution in [-0.2, 0) is 6.54 Å². The lowest BCUT2D eigenvalue weighted by atomic mass is 10.1. The Morgan fingerprint density at radius 1 is 1.30 bits per heavy atom. The van der Waals surface area contributed by atoms with Crippen LogP contribution in [-0.4, -0.2) is 19.7 Å². The number of pyridine rings is 1. The van der Waals surface area contributed by atoms with Crippen molar-refractivity contribution in [3.8, 4) is 0 Å². The number of rotatable bonds is 2. The van der Waals surface area contributed by atoms with Crippen molar-refractivity contribution in [3.05, 3.63) is 47.7 Å². The zero-order chi connectivity index (χ0) is 16.0. The zero-order valence-electron chi connectivity index (χ0n) is 12.6. The highest BCUT2D eigenvalue weighted by atomic mass is 19.1. The van der Waals surface area contributed by atoms with Gasteiger partial charge in [0.2, 0.25) is 0 Å².